The molecule has 0 saturated heterocycles. The molecule has 0 spiro atoms. The Morgan fingerprint density at radius 1 is 0.750 bits per heavy atom. The Labute approximate surface area is 259 Å². The van der Waals surface area contributed by atoms with Gasteiger partial charge in [0.25, 0.3) is 0 Å². The fourth-order valence-corrected chi connectivity index (χ4v) is 6.79. The van der Waals surface area contributed by atoms with Crippen LogP contribution in [0.15, 0.2) is 24.3 Å². The minimum Gasteiger partial charge on any atom is -0.469 e. The minimum atomic E-state index is -0.252. The van der Waals surface area contributed by atoms with E-state index in [1.54, 1.807) is 0 Å². The lowest BCUT2D eigenvalue weighted by Crippen LogP contribution is -2.07. The van der Waals surface area contributed by atoms with Gasteiger partial charge in [0.1, 0.15) is 0 Å². The van der Waals surface area contributed by atoms with Crippen LogP contribution in [0.5, 0.6) is 0 Å². The van der Waals surface area contributed by atoms with Gasteiger partial charge in [0, 0.05) is 47.1 Å². The van der Waals surface area contributed by atoms with Gasteiger partial charge in [-0.2, -0.15) is 0 Å². The number of hydrogen-bond acceptors (Lipinski definition) is 6. The maximum Gasteiger partial charge on any atom is 0.305 e. The number of hydrogen-bond donors (Lipinski definition) is 2. The van der Waals surface area contributed by atoms with Crippen LogP contribution in [0.3, 0.4) is 0 Å². The number of H-pyrrole nitrogens is 2. The van der Waals surface area contributed by atoms with Crippen LogP contribution in [0.4, 0.5) is 0 Å². The number of nitrogens with one attached hydrogen (secondary N) is 2. The van der Waals surface area contributed by atoms with Crippen molar-refractivity contribution in [2.24, 2.45) is 0 Å². The molecular formula is C36H44N4O4. The molecule has 5 heterocycles. The van der Waals surface area contributed by atoms with Crippen molar-refractivity contribution in [1.82, 2.24) is 19.9 Å². The molecule has 8 heteroatoms. The Hall–Kier alpha value is -4.20. The number of aromatic amines is 2. The van der Waals surface area contributed by atoms with Crippen molar-refractivity contribution in [3.8, 4) is 0 Å². The van der Waals surface area contributed by atoms with Crippen molar-refractivity contribution in [3.05, 3.63) is 69.6 Å². The molecule has 3 aliphatic heterocycles. The molecule has 0 fully saturated rings. The minimum absolute atomic E-state index is 0.0565. The molecule has 2 atom stereocenters. The second kappa shape index (κ2) is 12.8. The third kappa shape index (κ3) is 5.82. The van der Waals surface area contributed by atoms with E-state index in [1.165, 1.54) is 36.5 Å². The van der Waals surface area contributed by atoms with Gasteiger partial charge in [0.2, 0.25) is 0 Å². The van der Waals surface area contributed by atoms with Gasteiger partial charge in [-0.05, 0) is 104 Å². The predicted octanol–water partition coefficient (Wildman–Crippen LogP) is 7.97. The molecular weight excluding hydrogens is 552 g/mol. The molecule has 2 aromatic rings. The lowest BCUT2D eigenvalue weighted by Gasteiger charge is -2.16. The average molecular weight is 597 g/mol. The van der Waals surface area contributed by atoms with Crippen molar-refractivity contribution in [3.63, 3.8) is 0 Å². The second-order valence-corrected chi connectivity index (χ2v) is 11.9. The number of aromatic nitrogens is 4. The highest BCUT2D eigenvalue weighted by molar-refractivity contribution is 5.94. The predicted molar refractivity (Wildman–Crippen MR) is 175 cm³/mol. The summed E-state index contributed by atoms with van der Waals surface area (Å²) in [6.45, 7) is 12.9. The van der Waals surface area contributed by atoms with Gasteiger partial charge in [0.15, 0.2) is 0 Å². The Kier molecular flexibility index (Phi) is 9.09. The molecule has 0 amide bonds. The molecule has 5 rings (SSSR count). The first-order chi connectivity index (χ1) is 21.1. The number of carbonyl (C=O) groups excluding carboxylic acids is 2. The van der Waals surface area contributed by atoms with Crippen LogP contribution in [0.2, 0.25) is 0 Å². The van der Waals surface area contributed by atoms with Crippen molar-refractivity contribution < 1.29 is 19.1 Å². The fraction of sp³-hybridized carbons (Fsp3) is 0.444. The van der Waals surface area contributed by atoms with Gasteiger partial charge in [-0.1, -0.05) is 20.8 Å². The van der Waals surface area contributed by atoms with E-state index in [0.29, 0.717) is 19.3 Å². The molecule has 8 bridgehead atoms. The highest BCUT2D eigenvalue weighted by Crippen LogP contribution is 2.42. The molecule has 232 valence electrons. The molecule has 2 aromatic heterocycles. The van der Waals surface area contributed by atoms with E-state index in [9.17, 15) is 9.59 Å². The number of allylic oxidation sites excluding steroid dienone is 4. The Morgan fingerprint density at radius 2 is 1.34 bits per heavy atom. The van der Waals surface area contributed by atoms with Gasteiger partial charge in [0.05, 0.1) is 37.0 Å². The maximum atomic E-state index is 12.2. The molecule has 0 radical (unpaired) electrons. The largest absolute Gasteiger partial charge is 0.469 e. The first-order valence-electron chi connectivity index (χ1n) is 15.7. The summed E-state index contributed by atoms with van der Waals surface area (Å²) in [5, 5.41) is 0. The fourth-order valence-electron chi connectivity index (χ4n) is 6.79. The van der Waals surface area contributed by atoms with Gasteiger partial charge in [-0.25, -0.2) is 9.97 Å². The van der Waals surface area contributed by atoms with Gasteiger partial charge >= 0.3 is 11.9 Å². The quantitative estimate of drug-likeness (QED) is 0.299. The number of carbonyl (C=O) groups is 2. The van der Waals surface area contributed by atoms with E-state index in [1.807, 2.05) is 0 Å². The molecule has 44 heavy (non-hydrogen) atoms. The van der Waals surface area contributed by atoms with Crippen LogP contribution in [-0.2, 0) is 25.5 Å². The Bertz CT molecular complexity index is 1750. The third-order valence-electron chi connectivity index (χ3n) is 9.55. The summed E-state index contributed by atoms with van der Waals surface area (Å²) in [6.07, 6.45) is 3.51. The molecule has 3 aliphatic rings. The number of aryl methyl sites for hydroxylation is 2. The second-order valence-electron chi connectivity index (χ2n) is 11.9. The lowest BCUT2D eigenvalue weighted by molar-refractivity contribution is -0.141. The Morgan fingerprint density at radius 3 is 1.98 bits per heavy atom. The summed E-state index contributed by atoms with van der Waals surface area (Å²) >= 11 is 0. The van der Waals surface area contributed by atoms with Crippen LogP contribution < -0.4 is 0 Å². The van der Waals surface area contributed by atoms with Gasteiger partial charge in [-0.15, -0.1) is 0 Å². The lowest BCUT2D eigenvalue weighted by atomic mass is 9.87. The number of ether oxygens (including phenoxy) is 2. The Balaban J connectivity index is 1.83. The number of esters is 2. The highest BCUT2D eigenvalue weighted by Gasteiger charge is 2.30. The van der Waals surface area contributed by atoms with Crippen LogP contribution in [-0.4, -0.2) is 46.1 Å². The van der Waals surface area contributed by atoms with E-state index < -0.39 is 0 Å². The maximum absolute atomic E-state index is 12.2. The van der Waals surface area contributed by atoms with E-state index in [0.717, 1.165) is 69.2 Å². The van der Waals surface area contributed by atoms with Crippen LogP contribution in [0.25, 0.3) is 33.3 Å². The summed E-state index contributed by atoms with van der Waals surface area (Å²) in [4.78, 5) is 42.0. The van der Waals surface area contributed by atoms with Crippen LogP contribution >= 0.6 is 0 Å². The third-order valence-corrected chi connectivity index (χ3v) is 9.55. The number of nitrogens with zero attached hydrogens (tertiary/aromatic N) is 2. The zero-order chi connectivity index (χ0) is 31.7. The van der Waals surface area contributed by atoms with Crippen molar-refractivity contribution in [2.45, 2.75) is 91.9 Å². The first-order valence-corrected chi connectivity index (χ1v) is 15.7. The average Bonchev–Trinajstić information content (AvgIpc) is 3.67. The van der Waals surface area contributed by atoms with Gasteiger partial charge in [-0.3, -0.25) is 9.59 Å². The van der Waals surface area contributed by atoms with E-state index in [2.05, 4.69) is 75.8 Å². The zero-order valence-corrected chi connectivity index (χ0v) is 27.2. The molecule has 0 aliphatic carbocycles. The van der Waals surface area contributed by atoms with E-state index >= 15 is 0 Å². The molecule has 0 aromatic carbocycles. The standard InChI is InChI=1S/C36H44N4O4/c1-9-23-19(3)27-15-28-21(5)25(11-13-35(41)43-7)33(39-28)18-34-26(12-14-36(42)44-8)22(6)30(40-34)17-32-24(10-2)20(4)29(38-32)16-31(23)37-27/h15-18,22,26,37,40H,9-14H2,1-8H3. The molecule has 0 saturated carbocycles. The van der Waals surface area contributed by atoms with E-state index in [4.69, 9.17) is 19.4 Å². The number of fused-ring (bicyclic) bond motifs is 8. The highest BCUT2D eigenvalue weighted by atomic mass is 16.5. The smallest absolute Gasteiger partial charge is 0.305 e. The van der Waals surface area contributed by atoms with Crippen molar-refractivity contribution in [1.29, 1.82) is 0 Å². The van der Waals surface area contributed by atoms with Crippen molar-refractivity contribution >= 4 is 45.3 Å². The topological polar surface area (TPSA) is 110 Å². The van der Waals surface area contributed by atoms with E-state index in [-0.39, 0.29) is 30.2 Å². The number of methoxy groups -OCH3 is 2. The van der Waals surface area contributed by atoms with Crippen LogP contribution in [0, 0.1) is 6.92 Å². The summed E-state index contributed by atoms with van der Waals surface area (Å²) in [6, 6.07) is 8.59. The number of rotatable bonds is 8. The van der Waals surface area contributed by atoms with Crippen LogP contribution in [0.1, 0.15) is 124 Å². The molecule has 2 unspecified atom stereocenters. The normalized spacial score (nSPS) is 17.2. The summed E-state index contributed by atoms with van der Waals surface area (Å²) < 4.78 is 9.95. The van der Waals surface area contributed by atoms with Crippen molar-refractivity contribution in [2.75, 3.05) is 14.2 Å². The monoisotopic (exact) mass is 596 g/mol. The zero-order valence-electron chi connectivity index (χ0n) is 27.2. The summed E-state index contributed by atoms with van der Waals surface area (Å²) in [5.41, 5.74) is 14.8. The SMILES string of the molecule is CCC1=C(C)c2cc3[nH]c(cc4nc(cc5[nH]c(cc1n2)C(C)C5CCC(=O)OC)C(CCC(=O)OC)=C4C)c(C)c3CC. The summed E-state index contributed by atoms with van der Waals surface area (Å²) in [7, 11) is 2.85. The van der Waals surface area contributed by atoms with Gasteiger partial charge < -0.3 is 19.4 Å². The summed E-state index contributed by atoms with van der Waals surface area (Å²) in [5.74, 6) is -0.297. The first kappa shape index (κ1) is 31.2. The molecule has 8 nitrogen and oxygen atoms in total. The molecule has 2 N–H and O–H groups in total.